The zero-order chi connectivity index (χ0) is 22.6. The van der Waals surface area contributed by atoms with E-state index in [1.807, 2.05) is 55.4 Å². The van der Waals surface area contributed by atoms with E-state index < -0.39 is 17.0 Å². The Balaban J connectivity index is 2.78. The maximum atomic E-state index is 12.1. The summed E-state index contributed by atoms with van der Waals surface area (Å²) in [5.41, 5.74) is -0.602. The van der Waals surface area contributed by atoms with Crippen LogP contribution in [0.4, 0.5) is 0 Å². The average Bonchev–Trinajstić information content (AvgIpc) is 2.84. The fraction of sp³-hybridized carbons (Fsp3) is 0.818. The Morgan fingerprint density at radius 3 is 1.66 bits per heavy atom. The summed E-state index contributed by atoms with van der Waals surface area (Å²) in [6.07, 6.45) is 2.20. The first-order valence-electron chi connectivity index (χ1n) is 10.4. The third kappa shape index (κ3) is 7.17. The highest BCUT2D eigenvalue weighted by Crippen LogP contribution is 2.30. The molecule has 0 bridgehead atoms. The second kappa shape index (κ2) is 9.69. The lowest BCUT2D eigenvalue weighted by Gasteiger charge is -2.37. The molecule has 0 spiro atoms. The maximum absolute atomic E-state index is 12.1. The molecular formula is C22H39NO6. The summed E-state index contributed by atoms with van der Waals surface area (Å²) in [6, 6.07) is 0. The summed E-state index contributed by atoms with van der Waals surface area (Å²) in [5, 5.41) is 0. The number of hydrogen-bond donors (Lipinski definition) is 0. The van der Waals surface area contributed by atoms with Crippen LogP contribution >= 0.6 is 0 Å². The van der Waals surface area contributed by atoms with E-state index in [-0.39, 0.29) is 30.2 Å². The lowest BCUT2D eigenvalue weighted by atomic mass is 9.95. The van der Waals surface area contributed by atoms with Crippen LogP contribution in [-0.2, 0) is 29.1 Å². The average molecular weight is 414 g/mol. The van der Waals surface area contributed by atoms with Gasteiger partial charge in [-0.05, 0) is 59.8 Å². The van der Waals surface area contributed by atoms with E-state index in [1.165, 1.54) is 11.0 Å². The molecule has 29 heavy (non-hydrogen) atoms. The third-order valence-corrected chi connectivity index (χ3v) is 5.85. The fourth-order valence-corrected chi connectivity index (χ4v) is 2.09. The highest BCUT2D eigenvalue weighted by atomic mass is 17.3. The Bertz CT molecular complexity index is 597. The van der Waals surface area contributed by atoms with Crippen LogP contribution in [0.2, 0.25) is 0 Å². The number of imide groups is 1. The first-order chi connectivity index (χ1) is 13.1. The van der Waals surface area contributed by atoms with Gasteiger partial charge < -0.3 is 0 Å². The van der Waals surface area contributed by atoms with Crippen molar-refractivity contribution in [2.75, 3.05) is 6.54 Å². The third-order valence-electron chi connectivity index (χ3n) is 5.85. The minimum absolute atomic E-state index is 0.216. The molecule has 1 aliphatic rings. The van der Waals surface area contributed by atoms with Crippen LogP contribution in [0.5, 0.6) is 0 Å². The molecule has 0 aliphatic carbocycles. The van der Waals surface area contributed by atoms with Gasteiger partial charge in [-0.1, -0.05) is 27.7 Å². The van der Waals surface area contributed by atoms with Gasteiger partial charge in [0.05, 0.1) is 0 Å². The van der Waals surface area contributed by atoms with Crippen molar-refractivity contribution in [2.24, 2.45) is 11.8 Å². The quantitative estimate of drug-likeness (QED) is 0.202. The molecule has 0 aromatic rings. The molecule has 2 amide bonds. The summed E-state index contributed by atoms with van der Waals surface area (Å²) >= 11 is 0. The highest BCUT2D eigenvalue weighted by Gasteiger charge is 2.37. The predicted molar refractivity (Wildman–Crippen MR) is 110 cm³/mol. The molecule has 1 rings (SSSR count). The molecule has 0 saturated heterocycles. The van der Waals surface area contributed by atoms with E-state index in [0.29, 0.717) is 18.4 Å². The van der Waals surface area contributed by atoms with Crippen LogP contribution in [-0.4, -0.2) is 40.2 Å². The number of nitrogens with zero attached hydrogens (tertiary/aromatic N) is 1. The Labute approximate surface area is 175 Å². The van der Waals surface area contributed by atoms with Gasteiger partial charge in [0, 0.05) is 24.6 Å². The van der Waals surface area contributed by atoms with E-state index >= 15 is 0 Å². The topological polar surface area (TPSA) is 74.3 Å². The van der Waals surface area contributed by atoms with Crippen LogP contribution in [0.25, 0.3) is 0 Å². The monoisotopic (exact) mass is 413 g/mol. The second-order valence-electron chi connectivity index (χ2n) is 9.71. The van der Waals surface area contributed by atoms with Crippen LogP contribution in [0.15, 0.2) is 11.6 Å². The van der Waals surface area contributed by atoms with Gasteiger partial charge in [0.2, 0.25) is 5.79 Å². The van der Waals surface area contributed by atoms with Crippen molar-refractivity contribution in [1.29, 1.82) is 0 Å². The summed E-state index contributed by atoms with van der Waals surface area (Å²) in [6.45, 7) is 19.6. The van der Waals surface area contributed by atoms with Gasteiger partial charge in [0.25, 0.3) is 11.8 Å². The van der Waals surface area contributed by atoms with Crippen LogP contribution in [0, 0.1) is 11.8 Å². The van der Waals surface area contributed by atoms with Gasteiger partial charge in [0.15, 0.2) is 0 Å². The van der Waals surface area contributed by atoms with Crippen molar-refractivity contribution < 1.29 is 29.1 Å². The molecule has 0 atom stereocenters. The van der Waals surface area contributed by atoms with E-state index in [9.17, 15) is 9.59 Å². The minimum Gasteiger partial charge on any atom is -0.275 e. The lowest BCUT2D eigenvalue weighted by Crippen LogP contribution is -2.43. The van der Waals surface area contributed by atoms with Crippen LogP contribution in [0.3, 0.4) is 0 Å². The smallest absolute Gasteiger partial charge is 0.256 e. The molecule has 168 valence electrons. The molecule has 0 N–H and O–H groups in total. The van der Waals surface area contributed by atoms with Crippen molar-refractivity contribution in [3.63, 3.8) is 0 Å². The van der Waals surface area contributed by atoms with Crippen LogP contribution in [0.1, 0.15) is 82.1 Å². The summed E-state index contributed by atoms with van der Waals surface area (Å²) < 4.78 is 0. The summed E-state index contributed by atoms with van der Waals surface area (Å²) in [4.78, 5) is 48.1. The molecule has 0 radical (unpaired) electrons. The number of amides is 2. The van der Waals surface area contributed by atoms with Gasteiger partial charge in [-0.3, -0.25) is 14.5 Å². The fourth-order valence-electron chi connectivity index (χ4n) is 2.09. The molecule has 7 nitrogen and oxygen atoms in total. The number of carbonyl (C=O) groups is 2. The standard InChI is InChI=1S/C22H39NO6/c1-15(2)20(6,7)26-28-22(10,29-27-21(8,9)16(3)4)12-11-13-23-18(24)14-17(5)19(23)25/h14-16H,11-13H2,1-10H3. The molecule has 0 unspecified atom stereocenters. The molecule has 1 heterocycles. The normalized spacial score (nSPS) is 16.4. The first-order valence-corrected chi connectivity index (χ1v) is 10.4. The minimum atomic E-state index is -1.20. The molecule has 0 fully saturated rings. The largest absolute Gasteiger partial charge is 0.275 e. The van der Waals surface area contributed by atoms with Gasteiger partial charge in [-0.25, -0.2) is 9.78 Å². The number of rotatable bonds is 12. The molecule has 0 aromatic carbocycles. The Kier molecular flexibility index (Phi) is 8.60. The number of hydrogen-bond acceptors (Lipinski definition) is 6. The molecule has 0 aromatic heterocycles. The van der Waals surface area contributed by atoms with Crippen molar-refractivity contribution in [3.8, 4) is 0 Å². The molecule has 1 aliphatic heterocycles. The Hall–Kier alpha value is -1.28. The zero-order valence-corrected chi connectivity index (χ0v) is 19.8. The Morgan fingerprint density at radius 2 is 1.31 bits per heavy atom. The van der Waals surface area contributed by atoms with Gasteiger partial charge in [-0.15, -0.1) is 0 Å². The van der Waals surface area contributed by atoms with E-state index in [0.717, 1.165) is 0 Å². The van der Waals surface area contributed by atoms with Crippen molar-refractivity contribution >= 4 is 11.8 Å². The van der Waals surface area contributed by atoms with Gasteiger partial charge in [0.1, 0.15) is 11.2 Å². The van der Waals surface area contributed by atoms with Crippen molar-refractivity contribution in [3.05, 3.63) is 11.6 Å². The molecule has 0 saturated carbocycles. The van der Waals surface area contributed by atoms with Crippen molar-refractivity contribution in [1.82, 2.24) is 4.90 Å². The van der Waals surface area contributed by atoms with Gasteiger partial charge >= 0.3 is 0 Å². The lowest BCUT2D eigenvalue weighted by molar-refractivity contribution is -0.544. The Morgan fingerprint density at radius 1 is 0.862 bits per heavy atom. The molecular weight excluding hydrogens is 374 g/mol. The SMILES string of the molecule is CC1=CC(=O)N(CCCC(C)(OOC(C)(C)C(C)C)OOC(C)(C)C(C)C)C1=O. The zero-order valence-electron chi connectivity index (χ0n) is 19.8. The second-order valence-corrected chi connectivity index (χ2v) is 9.71. The number of carbonyl (C=O) groups excluding carboxylic acids is 2. The van der Waals surface area contributed by atoms with Gasteiger partial charge in [-0.2, -0.15) is 9.78 Å². The first kappa shape index (κ1) is 25.8. The van der Waals surface area contributed by atoms with Crippen molar-refractivity contribution in [2.45, 2.75) is 99.1 Å². The van der Waals surface area contributed by atoms with E-state index in [4.69, 9.17) is 19.6 Å². The molecule has 7 heteroatoms. The maximum Gasteiger partial charge on any atom is 0.256 e. The van der Waals surface area contributed by atoms with E-state index in [2.05, 4.69) is 0 Å². The summed E-state index contributed by atoms with van der Waals surface area (Å²) in [7, 11) is 0. The van der Waals surface area contributed by atoms with E-state index in [1.54, 1.807) is 13.8 Å². The summed E-state index contributed by atoms with van der Waals surface area (Å²) in [5.74, 6) is -1.31. The van der Waals surface area contributed by atoms with Crippen LogP contribution < -0.4 is 0 Å². The highest BCUT2D eigenvalue weighted by molar-refractivity contribution is 6.15. The predicted octanol–water partition coefficient (Wildman–Crippen LogP) is 4.56.